The van der Waals surface area contributed by atoms with Crippen molar-refractivity contribution in [2.75, 3.05) is 45.4 Å². The van der Waals surface area contributed by atoms with Crippen molar-refractivity contribution in [2.24, 2.45) is 0 Å². The molecule has 0 spiro atoms. The van der Waals surface area contributed by atoms with Crippen LogP contribution in [0.3, 0.4) is 0 Å². The first-order valence-electron chi connectivity index (χ1n) is 11.3. The number of carbonyl (C=O) groups is 1. The highest BCUT2D eigenvalue weighted by molar-refractivity contribution is 5.94. The van der Waals surface area contributed by atoms with E-state index in [4.69, 9.17) is 14.0 Å². The lowest BCUT2D eigenvalue weighted by Gasteiger charge is -2.24. The molecule has 0 N–H and O–H groups in total. The van der Waals surface area contributed by atoms with Crippen LogP contribution in [0.15, 0.2) is 53.1 Å². The summed E-state index contributed by atoms with van der Waals surface area (Å²) >= 11 is 0. The number of hydrogen-bond donors (Lipinski definition) is 0. The molecule has 0 aliphatic carbocycles. The highest BCUT2D eigenvalue weighted by Crippen LogP contribution is 2.34. The molecule has 2 heterocycles. The predicted octanol–water partition coefficient (Wildman–Crippen LogP) is 4.55. The maximum atomic E-state index is 13.5. The summed E-state index contributed by atoms with van der Waals surface area (Å²) in [6.45, 7) is 5.17. The molecule has 4 rings (SSSR count). The number of carbonyl (C=O) groups excluding carboxylic acids is 1. The standard InChI is InChI=1S/C26H31N3O4/c1-19-8-6-9-20(16-19)24-23(26(33-27-24)28-12-4-5-13-28)18-29(14-15-31-2)25(30)21-10-7-11-22(17-21)32-3/h6-11,16-17H,4-5,12-15,18H2,1-3H3. The molecule has 0 atom stereocenters. The molecular weight excluding hydrogens is 418 g/mol. The molecule has 1 saturated heterocycles. The van der Waals surface area contributed by atoms with Crippen LogP contribution in [0.25, 0.3) is 11.3 Å². The average molecular weight is 450 g/mol. The molecule has 0 saturated carbocycles. The van der Waals surface area contributed by atoms with Gasteiger partial charge in [-0.15, -0.1) is 0 Å². The van der Waals surface area contributed by atoms with Gasteiger partial charge in [0.1, 0.15) is 11.4 Å². The number of nitrogens with zero attached hydrogens (tertiary/aromatic N) is 3. The molecule has 33 heavy (non-hydrogen) atoms. The Morgan fingerprint density at radius 1 is 1.12 bits per heavy atom. The molecule has 174 valence electrons. The van der Waals surface area contributed by atoms with Crippen molar-refractivity contribution in [3.05, 3.63) is 65.2 Å². The van der Waals surface area contributed by atoms with Gasteiger partial charge in [-0.1, -0.05) is 35.0 Å². The fourth-order valence-corrected chi connectivity index (χ4v) is 4.21. The molecule has 1 fully saturated rings. The van der Waals surface area contributed by atoms with E-state index in [2.05, 4.69) is 29.1 Å². The number of ether oxygens (including phenoxy) is 2. The smallest absolute Gasteiger partial charge is 0.254 e. The highest BCUT2D eigenvalue weighted by Gasteiger charge is 2.28. The van der Waals surface area contributed by atoms with Crippen molar-refractivity contribution in [1.82, 2.24) is 10.1 Å². The maximum absolute atomic E-state index is 13.5. The Bertz CT molecular complexity index is 1090. The largest absolute Gasteiger partial charge is 0.497 e. The Balaban J connectivity index is 1.72. The Hall–Kier alpha value is -3.32. The van der Waals surface area contributed by atoms with Crippen molar-refractivity contribution in [3.8, 4) is 17.0 Å². The van der Waals surface area contributed by atoms with E-state index in [0.29, 0.717) is 31.0 Å². The molecule has 0 unspecified atom stereocenters. The highest BCUT2D eigenvalue weighted by atomic mass is 16.5. The number of anilines is 1. The fourth-order valence-electron chi connectivity index (χ4n) is 4.21. The van der Waals surface area contributed by atoms with Gasteiger partial charge in [0.25, 0.3) is 5.91 Å². The van der Waals surface area contributed by atoms with Gasteiger partial charge >= 0.3 is 0 Å². The van der Waals surface area contributed by atoms with Crippen LogP contribution in [0.5, 0.6) is 5.75 Å². The quantitative estimate of drug-likeness (QED) is 0.478. The summed E-state index contributed by atoms with van der Waals surface area (Å²) in [5.74, 6) is 1.32. The van der Waals surface area contributed by atoms with E-state index < -0.39 is 0 Å². The number of aromatic nitrogens is 1. The number of amides is 1. The van der Waals surface area contributed by atoms with Crippen LogP contribution < -0.4 is 9.64 Å². The van der Waals surface area contributed by atoms with Gasteiger partial charge in [-0.05, 0) is 44.0 Å². The van der Waals surface area contributed by atoms with Crippen LogP contribution in [0.2, 0.25) is 0 Å². The fraction of sp³-hybridized carbons (Fsp3) is 0.385. The summed E-state index contributed by atoms with van der Waals surface area (Å²) < 4.78 is 16.5. The minimum absolute atomic E-state index is 0.0882. The lowest BCUT2D eigenvalue weighted by molar-refractivity contribution is 0.0680. The average Bonchev–Trinajstić information content (AvgIpc) is 3.51. The lowest BCUT2D eigenvalue weighted by atomic mass is 10.0. The summed E-state index contributed by atoms with van der Waals surface area (Å²) in [5.41, 5.74) is 4.41. The molecule has 1 aliphatic heterocycles. The second-order valence-corrected chi connectivity index (χ2v) is 8.33. The van der Waals surface area contributed by atoms with E-state index >= 15 is 0 Å². The Morgan fingerprint density at radius 2 is 1.91 bits per heavy atom. The third-order valence-corrected chi connectivity index (χ3v) is 5.97. The SMILES string of the molecule is COCCN(Cc1c(-c2cccc(C)c2)noc1N1CCCC1)C(=O)c1cccc(OC)c1. The van der Waals surface area contributed by atoms with Crippen LogP contribution in [-0.2, 0) is 11.3 Å². The first kappa shape index (κ1) is 22.9. The molecule has 2 aromatic carbocycles. The number of benzene rings is 2. The normalized spacial score (nSPS) is 13.4. The van der Waals surface area contributed by atoms with Gasteiger partial charge in [0.15, 0.2) is 0 Å². The number of methoxy groups -OCH3 is 2. The summed E-state index contributed by atoms with van der Waals surface area (Å²) in [4.78, 5) is 17.6. The lowest BCUT2D eigenvalue weighted by Crippen LogP contribution is -2.34. The molecule has 7 nitrogen and oxygen atoms in total. The van der Waals surface area contributed by atoms with Crippen molar-refractivity contribution < 1.29 is 18.8 Å². The molecule has 7 heteroatoms. The monoisotopic (exact) mass is 449 g/mol. The summed E-state index contributed by atoms with van der Waals surface area (Å²) in [7, 11) is 3.24. The van der Waals surface area contributed by atoms with Crippen LogP contribution in [0.1, 0.15) is 34.3 Å². The van der Waals surface area contributed by atoms with E-state index in [1.54, 1.807) is 31.3 Å². The molecular formula is C26H31N3O4. The summed E-state index contributed by atoms with van der Waals surface area (Å²) in [6.07, 6.45) is 2.24. The third kappa shape index (κ3) is 5.20. The van der Waals surface area contributed by atoms with Crippen molar-refractivity contribution in [3.63, 3.8) is 0 Å². The van der Waals surface area contributed by atoms with E-state index in [0.717, 1.165) is 54.2 Å². The first-order valence-corrected chi connectivity index (χ1v) is 11.3. The van der Waals surface area contributed by atoms with Gasteiger partial charge in [0.05, 0.1) is 25.8 Å². The van der Waals surface area contributed by atoms with Gasteiger partial charge < -0.3 is 23.8 Å². The van der Waals surface area contributed by atoms with Gasteiger partial charge in [-0.3, -0.25) is 4.79 Å². The number of hydrogen-bond acceptors (Lipinski definition) is 6. The zero-order valence-electron chi connectivity index (χ0n) is 19.5. The molecule has 0 bridgehead atoms. The summed E-state index contributed by atoms with van der Waals surface area (Å²) in [6, 6.07) is 15.4. The van der Waals surface area contributed by atoms with Gasteiger partial charge in [-0.25, -0.2) is 0 Å². The molecule has 3 aromatic rings. The maximum Gasteiger partial charge on any atom is 0.254 e. The van der Waals surface area contributed by atoms with Gasteiger partial charge in [0.2, 0.25) is 5.88 Å². The number of aryl methyl sites for hydroxylation is 1. The minimum Gasteiger partial charge on any atom is -0.497 e. The molecule has 0 radical (unpaired) electrons. The van der Waals surface area contributed by atoms with Crippen LogP contribution in [0, 0.1) is 6.92 Å². The van der Waals surface area contributed by atoms with Crippen LogP contribution in [0.4, 0.5) is 5.88 Å². The topological polar surface area (TPSA) is 68.0 Å². The van der Waals surface area contributed by atoms with Crippen molar-refractivity contribution in [2.45, 2.75) is 26.3 Å². The molecule has 1 aromatic heterocycles. The van der Waals surface area contributed by atoms with E-state index in [1.807, 2.05) is 24.3 Å². The van der Waals surface area contributed by atoms with Gasteiger partial charge in [-0.2, -0.15) is 0 Å². The van der Waals surface area contributed by atoms with Gasteiger partial charge in [0, 0.05) is 37.9 Å². The second-order valence-electron chi connectivity index (χ2n) is 8.33. The third-order valence-electron chi connectivity index (χ3n) is 5.97. The van der Waals surface area contributed by atoms with Crippen molar-refractivity contribution in [1.29, 1.82) is 0 Å². The van der Waals surface area contributed by atoms with Crippen LogP contribution in [-0.4, -0.2) is 56.4 Å². The predicted molar refractivity (Wildman–Crippen MR) is 128 cm³/mol. The second kappa shape index (κ2) is 10.5. The van der Waals surface area contributed by atoms with E-state index in [9.17, 15) is 4.79 Å². The summed E-state index contributed by atoms with van der Waals surface area (Å²) in [5, 5.41) is 4.46. The number of rotatable bonds is 9. The molecule has 1 aliphatic rings. The van der Waals surface area contributed by atoms with Crippen LogP contribution >= 0.6 is 0 Å². The Labute approximate surface area is 194 Å². The molecule has 1 amide bonds. The van der Waals surface area contributed by atoms with E-state index in [-0.39, 0.29) is 5.91 Å². The Kier molecular flexibility index (Phi) is 7.29. The Morgan fingerprint density at radius 3 is 2.64 bits per heavy atom. The minimum atomic E-state index is -0.0882. The zero-order chi connectivity index (χ0) is 23.2. The first-order chi connectivity index (χ1) is 16.1. The van der Waals surface area contributed by atoms with E-state index in [1.165, 1.54) is 0 Å². The zero-order valence-corrected chi connectivity index (χ0v) is 19.5. The van der Waals surface area contributed by atoms with Crippen molar-refractivity contribution >= 4 is 11.8 Å².